The number of esters is 1. The number of carbonyl (C=O) groups excluding carboxylic acids is 2. The minimum atomic E-state index is -4.69. The molecule has 0 spiro atoms. The van der Waals surface area contributed by atoms with E-state index in [1.54, 1.807) is 20.8 Å². The highest BCUT2D eigenvalue weighted by atomic mass is 32.2. The van der Waals surface area contributed by atoms with Crippen LogP contribution in [0.4, 0.5) is 18.9 Å². The first kappa shape index (κ1) is 23.4. The Morgan fingerprint density at radius 3 is 2.27 bits per heavy atom. The highest BCUT2D eigenvalue weighted by Crippen LogP contribution is 2.21. The molecule has 2 aromatic rings. The number of nitrogens with one attached hydrogen (secondary N) is 3. The van der Waals surface area contributed by atoms with E-state index in [4.69, 9.17) is 4.74 Å². The molecule has 1 aromatic heterocycles. The van der Waals surface area contributed by atoms with Crippen LogP contribution in [0.5, 0.6) is 0 Å². The van der Waals surface area contributed by atoms with Crippen LogP contribution in [0.25, 0.3) is 0 Å². The number of alkyl halides is 3. The number of hydrogen-bond donors (Lipinski definition) is 3. The first-order chi connectivity index (χ1) is 13.9. The highest BCUT2D eigenvalue weighted by Gasteiger charge is 2.30. The fourth-order valence-electron chi connectivity index (χ4n) is 2.66. The molecule has 0 saturated heterocycles. The lowest BCUT2D eigenvalue weighted by Gasteiger charge is -2.10. The number of aromatic amines is 1. The second-order valence-electron chi connectivity index (χ2n) is 6.26. The van der Waals surface area contributed by atoms with Crippen molar-refractivity contribution < 1.29 is 35.9 Å². The molecule has 0 aliphatic carbocycles. The maximum Gasteiger partial charge on any atom is 0.402 e. The van der Waals surface area contributed by atoms with Crippen molar-refractivity contribution in [3.63, 3.8) is 0 Å². The predicted molar refractivity (Wildman–Crippen MR) is 102 cm³/mol. The molecule has 3 N–H and O–H groups in total. The molecule has 0 aliphatic heterocycles. The van der Waals surface area contributed by atoms with Crippen LogP contribution < -0.4 is 10.0 Å². The van der Waals surface area contributed by atoms with Gasteiger partial charge in [-0.2, -0.15) is 13.2 Å². The Labute approximate surface area is 170 Å². The zero-order chi connectivity index (χ0) is 22.7. The van der Waals surface area contributed by atoms with Gasteiger partial charge in [0.15, 0.2) is 0 Å². The van der Waals surface area contributed by atoms with Crippen LogP contribution in [0, 0.1) is 13.8 Å². The number of carbonyl (C=O) groups is 2. The summed E-state index contributed by atoms with van der Waals surface area (Å²) in [6.07, 6.45) is -4.69. The van der Waals surface area contributed by atoms with Gasteiger partial charge in [0.05, 0.1) is 17.1 Å². The maximum atomic E-state index is 12.5. The average molecular weight is 447 g/mol. The Kier molecular flexibility index (Phi) is 6.93. The van der Waals surface area contributed by atoms with Gasteiger partial charge in [-0.05, 0) is 50.6 Å². The number of ether oxygens (including phenoxy) is 1. The first-order valence-electron chi connectivity index (χ1n) is 8.70. The smallest absolute Gasteiger partial charge is 0.402 e. The molecule has 164 valence electrons. The minimum absolute atomic E-state index is 0.124. The van der Waals surface area contributed by atoms with E-state index in [0.29, 0.717) is 11.3 Å². The number of aryl methyl sites for hydroxylation is 1. The number of rotatable bonds is 7. The summed E-state index contributed by atoms with van der Waals surface area (Å²) in [5.74, 6) is -1.15. The molecule has 8 nitrogen and oxygen atoms in total. The van der Waals surface area contributed by atoms with Gasteiger partial charge in [-0.1, -0.05) is 0 Å². The summed E-state index contributed by atoms with van der Waals surface area (Å²) in [7, 11) is -4.36. The minimum Gasteiger partial charge on any atom is -0.462 e. The van der Waals surface area contributed by atoms with E-state index in [1.165, 1.54) is 16.9 Å². The van der Waals surface area contributed by atoms with Gasteiger partial charge in [0, 0.05) is 11.4 Å². The van der Waals surface area contributed by atoms with Crippen LogP contribution in [-0.4, -0.2) is 44.6 Å². The van der Waals surface area contributed by atoms with Crippen LogP contribution in [0.2, 0.25) is 0 Å². The molecule has 30 heavy (non-hydrogen) atoms. The van der Waals surface area contributed by atoms with E-state index < -0.39 is 34.6 Å². The summed E-state index contributed by atoms with van der Waals surface area (Å²) in [4.78, 5) is 27.0. The van der Waals surface area contributed by atoms with E-state index >= 15 is 0 Å². The van der Waals surface area contributed by atoms with Crippen molar-refractivity contribution in [1.29, 1.82) is 0 Å². The lowest BCUT2D eigenvalue weighted by Crippen LogP contribution is -2.33. The lowest BCUT2D eigenvalue weighted by molar-refractivity contribution is -0.121. The molecule has 0 fully saturated rings. The molecule has 0 atom stereocenters. The van der Waals surface area contributed by atoms with Gasteiger partial charge in [0.25, 0.3) is 5.91 Å². The largest absolute Gasteiger partial charge is 0.462 e. The molecule has 0 aliphatic rings. The Morgan fingerprint density at radius 2 is 1.73 bits per heavy atom. The normalized spacial score (nSPS) is 11.9. The molecule has 12 heteroatoms. The molecule has 0 saturated carbocycles. The molecule has 1 amide bonds. The highest BCUT2D eigenvalue weighted by molar-refractivity contribution is 7.89. The van der Waals surface area contributed by atoms with Crippen molar-refractivity contribution in [2.45, 2.75) is 31.8 Å². The van der Waals surface area contributed by atoms with Gasteiger partial charge in [-0.15, -0.1) is 0 Å². The molecular formula is C18H20F3N3O5S. The molecule has 0 bridgehead atoms. The monoisotopic (exact) mass is 447 g/mol. The van der Waals surface area contributed by atoms with Gasteiger partial charge in [0.1, 0.15) is 12.2 Å². The summed E-state index contributed by atoms with van der Waals surface area (Å²) in [5.41, 5.74) is 1.42. The van der Waals surface area contributed by atoms with E-state index in [9.17, 15) is 31.2 Å². The number of sulfonamides is 1. The maximum absolute atomic E-state index is 12.5. The standard InChI is InChI=1S/C18H20F3N3O5S/c1-4-29-17(26)14-10(2)15(23-11(14)3)16(25)24-12-5-7-13(8-6-12)30(27,28)22-9-18(19,20)21/h5-8,22-23H,4,9H2,1-3H3,(H,24,25). The van der Waals surface area contributed by atoms with Crippen molar-refractivity contribution in [2.75, 3.05) is 18.5 Å². The van der Waals surface area contributed by atoms with E-state index in [0.717, 1.165) is 12.1 Å². The number of benzene rings is 1. The third-order valence-electron chi connectivity index (χ3n) is 4.03. The Bertz CT molecular complexity index is 1040. The summed E-state index contributed by atoms with van der Waals surface area (Å²) in [6, 6.07) is 4.59. The van der Waals surface area contributed by atoms with E-state index in [2.05, 4.69) is 10.3 Å². The van der Waals surface area contributed by atoms with Crippen LogP contribution in [-0.2, 0) is 14.8 Å². The molecular weight excluding hydrogens is 427 g/mol. The molecule has 0 radical (unpaired) electrons. The first-order valence-corrected chi connectivity index (χ1v) is 10.2. The van der Waals surface area contributed by atoms with Gasteiger partial charge in [-0.3, -0.25) is 4.79 Å². The Balaban J connectivity index is 2.16. The predicted octanol–water partition coefficient (Wildman–Crippen LogP) is 2.90. The van der Waals surface area contributed by atoms with Crippen LogP contribution in [0.1, 0.15) is 39.0 Å². The number of amides is 1. The fourth-order valence-corrected chi connectivity index (χ4v) is 3.67. The summed E-state index contributed by atoms with van der Waals surface area (Å²) in [5, 5.41) is 2.53. The number of hydrogen-bond acceptors (Lipinski definition) is 5. The Morgan fingerprint density at radius 1 is 1.13 bits per heavy atom. The Hall–Kier alpha value is -2.86. The number of anilines is 1. The summed E-state index contributed by atoms with van der Waals surface area (Å²) >= 11 is 0. The molecule has 2 rings (SSSR count). The third kappa shape index (κ3) is 5.60. The second-order valence-corrected chi connectivity index (χ2v) is 8.03. The number of aromatic nitrogens is 1. The van der Waals surface area contributed by atoms with Crippen LogP contribution >= 0.6 is 0 Å². The zero-order valence-electron chi connectivity index (χ0n) is 16.3. The lowest BCUT2D eigenvalue weighted by atomic mass is 10.1. The van der Waals surface area contributed by atoms with Crippen molar-refractivity contribution in [3.05, 3.63) is 46.8 Å². The van der Waals surface area contributed by atoms with Gasteiger partial charge < -0.3 is 15.0 Å². The van der Waals surface area contributed by atoms with Crippen molar-refractivity contribution in [1.82, 2.24) is 9.71 Å². The topological polar surface area (TPSA) is 117 Å². The molecule has 1 heterocycles. The number of H-pyrrole nitrogens is 1. The summed E-state index contributed by atoms with van der Waals surface area (Å²) in [6.45, 7) is 3.33. The van der Waals surface area contributed by atoms with Crippen molar-refractivity contribution >= 4 is 27.6 Å². The van der Waals surface area contributed by atoms with E-state index in [1.807, 2.05) is 0 Å². The van der Waals surface area contributed by atoms with E-state index in [-0.39, 0.29) is 28.4 Å². The zero-order valence-corrected chi connectivity index (χ0v) is 17.1. The van der Waals surface area contributed by atoms with Gasteiger partial charge in [0.2, 0.25) is 10.0 Å². The number of halogens is 3. The summed E-state index contributed by atoms with van der Waals surface area (Å²) < 4.78 is 66.8. The quantitative estimate of drug-likeness (QED) is 0.564. The second kappa shape index (κ2) is 8.88. The SMILES string of the molecule is CCOC(=O)c1c(C)[nH]c(C(=O)Nc2ccc(S(=O)(=O)NCC(F)(F)F)cc2)c1C. The van der Waals surface area contributed by atoms with Crippen LogP contribution in [0.15, 0.2) is 29.2 Å². The fraction of sp³-hybridized carbons (Fsp3) is 0.333. The average Bonchev–Trinajstić information content (AvgIpc) is 2.95. The molecule has 1 aromatic carbocycles. The van der Waals surface area contributed by atoms with Crippen molar-refractivity contribution in [2.24, 2.45) is 0 Å². The third-order valence-corrected chi connectivity index (χ3v) is 5.45. The van der Waals surface area contributed by atoms with Gasteiger partial charge in [-0.25, -0.2) is 17.9 Å². The van der Waals surface area contributed by atoms with Gasteiger partial charge >= 0.3 is 12.1 Å². The van der Waals surface area contributed by atoms with Crippen LogP contribution in [0.3, 0.4) is 0 Å². The molecule has 0 unspecified atom stereocenters. The van der Waals surface area contributed by atoms with Crippen molar-refractivity contribution in [3.8, 4) is 0 Å².